The Bertz CT molecular complexity index is 495. The number of nitrogens with zero attached hydrogens (tertiary/aromatic N) is 2. The summed E-state index contributed by atoms with van der Waals surface area (Å²) in [5.74, 6) is 0. The van der Waals surface area contributed by atoms with Crippen LogP contribution in [0, 0.1) is 0 Å². The molecule has 0 amide bonds. The fourth-order valence-corrected chi connectivity index (χ4v) is 2.23. The van der Waals surface area contributed by atoms with Crippen LogP contribution < -0.4 is 5.73 Å². The number of hydrogen-bond donors (Lipinski definition) is 1. The maximum absolute atomic E-state index is 6.33. The van der Waals surface area contributed by atoms with Gasteiger partial charge in [-0.25, -0.2) is 4.68 Å². The summed E-state index contributed by atoms with van der Waals surface area (Å²) in [7, 11) is 0. The molecule has 0 aliphatic heterocycles. The number of ether oxygens (including phenoxy) is 1. The zero-order valence-corrected chi connectivity index (χ0v) is 11.5. The van der Waals surface area contributed by atoms with Crippen molar-refractivity contribution in [3.8, 4) is 5.69 Å². The van der Waals surface area contributed by atoms with Gasteiger partial charge in [-0.3, -0.25) is 0 Å². The highest BCUT2D eigenvalue weighted by Crippen LogP contribution is 2.21. The van der Waals surface area contributed by atoms with Crippen LogP contribution in [0.1, 0.15) is 32.0 Å². The van der Waals surface area contributed by atoms with Gasteiger partial charge in [0.05, 0.1) is 23.5 Å². The average Bonchev–Trinajstić information content (AvgIpc) is 2.94. The Hall–Kier alpha value is -1.65. The molecule has 2 rings (SSSR count). The summed E-state index contributed by atoms with van der Waals surface area (Å²) in [6.07, 6.45) is 2.68. The van der Waals surface area contributed by atoms with Gasteiger partial charge in [0.25, 0.3) is 0 Å². The second-order valence-corrected chi connectivity index (χ2v) is 4.43. The number of aromatic nitrogens is 2. The van der Waals surface area contributed by atoms with Crippen molar-refractivity contribution in [2.75, 3.05) is 6.61 Å². The van der Waals surface area contributed by atoms with E-state index in [-0.39, 0.29) is 12.1 Å². The minimum atomic E-state index is -0.173. The fourth-order valence-electron chi connectivity index (χ4n) is 2.23. The predicted octanol–water partition coefficient (Wildman–Crippen LogP) is 2.69. The van der Waals surface area contributed by atoms with Gasteiger partial charge in [-0.15, -0.1) is 0 Å². The number of para-hydroxylation sites is 1. The molecule has 0 radical (unpaired) electrons. The topological polar surface area (TPSA) is 53.1 Å². The average molecular weight is 259 g/mol. The summed E-state index contributed by atoms with van der Waals surface area (Å²) >= 11 is 0. The third-order valence-corrected chi connectivity index (χ3v) is 3.20. The normalized spacial score (nSPS) is 14.3. The van der Waals surface area contributed by atoms with Gasteiger partial charge < -0.3 is 10.5 Å². The molecule has 2 atom stereocenters. The minimum absolute atomic E-state index is 0.0177. The van der Waals surface area contributed by atoms with E-state index >= 15 is 0 Å². The van der Waals surface area contributed by atoms with Crippen LogP contribution >= 0.6 is 0 Å². The Morgan fingerprint density at radius 2 is 1.95 bits per heavy atom. The summed E-state index contributed by atoms with van der Waals surface area (Å²) in [5.41, 5.74) is 8.33. The van der Waals surface area contributed by atoms with E-state index in [1.165, 1.54) is 0 Å². The summed E-state index contributed by atoms with van der Waals surface area (Å²) in [5, 5.41) is 4.37. The summed E-state index contributed by atoms with van der Waals surface area (Å²) in [6.45, 7) is 4.75. The molecule has 0 saturated carbocycles. The molecule has 4 nitrogen and oxygen atoms in total. The lowest BCUT2D eigenvalue weighted by molar-refractivity contribution is 0.0399. The lowest BCUT2D eigenvalue weighted by Gasteiger charge is -2.23. The van der Waals surface area contributed by atoms with Crippen LogP contribution in [0.4, 0.5) is 0 Å². The van der Waals surface area contributed by atoms with Gasteiger partial charge in [0.15, 0.2) is 0 Å². The van der Waals surface area contributed by atoms with Crippen molar-refractivity contribution in [3.05, 3.63) is 48.3 Å². The number of rotatable bonds is 6. The van der Waals surface area contributed by atoms with Crippen LogP contribution in [-0.2, 0) is 4.74 Å². The molecule has 1 aromatic heterocycles. The van der Waals surface area contributed by atoms with Crippen molar-refractivity contribution in [2.45, 2.75) is 32.4 Å². The Balaban J connectivity index is 2.29. The molecular weight excluding hydrogens is 238 g/mol. The highest BCUT2D eigenvalue weighted by Gasteiger charge is 2.21. The lowest BCUT2D eigenvalue weighted by atomic mass is 10.1. The molecule has 2 aromatic rings. The Labute approximate surface area is 114 Å². The fraction of sp³-hybridized carbons (Fsp3) is 0.400. The monoisotopic (exact) mass is 259 g/mol. The standard InChI is InChI=1S/C15H21N3O/c1-3-14(19-4-2)15(16)13-10-11-17-18(13)12-8-6-5-7-9-12/h5-11,14-15H,3-4,16H2,1-2H3. The van der Waals surface area contributed by atoms with E-state index in [4.69, 9.17) is 10.5 Å². The molecule has 2 N–H and O–H groups in total. The van der Waals surface area contributed by atoms with E-state index in [0.29, 0.717) is 6.61 Å². The second-order valence-electron chi connectivity index (χ2n) is 4.43. The van der Waals surface area contributed by atoms with Gasteiger partial charge >= 0.3 is 0 Å². The van der Waals surface area contributed by atoms with Gasteiger partial charge in [0.1, 0.15) is 0 Å². The maximum atomic E-state index is 6.33. The van der Waals surface area contributed by atoms with Gasteiger partial charge in [0, 0.05) is 12.8 Å². The minimum Gasteiger partial charge on any atom is -0.376 e. The smallest absolute Gasteiger partial charge is 0.0780 e. The zero-order valence-electron chi connectivity index (χ0n) is 11.5. The van der Waals surface area contributed by atoms with Crippen LogP contribution in [0.5, 0.6) is 0 Å². The van der Waals surface area contributed by atoms with Crippen LogP contribution in [0.3, 0.4) is 0 Å². The van der Waals surface area contributed by atoms with E-state index in [1.807, 2.05) is 48.0 Å². The van der Waals surface area contributed by atoms with Crippen molar-refractivity contribution in [3.63, 3.8) is 0 Å². The SMILES string of the molecule is CCOC(CC)C(N)c1ccnn1-c1ccccc1. The maximum Gasteiger partial charge on any atom is 0.0780 e. The molecule has 0 saturated heterocycles. The third-order valence-electron chi connectivity index (χ3n) is 3.20. The molecule has 2 unspecified atom stereocenters. The van der Waals surface area contributed by atoms with Crippen LogP contribution in [0.25, 0.3) is 5.69 Å². The molecule has 0 aliphatic rings. The largest absolute Gasteiger partial charge is 0.376 e. The third kappa shape index (κ3) is 3.03. The summed E-state index contributed by atoms with van der Waals surface area (Å²) < 4.78 is 7.58. The van der Waals surface area contributed by atoms with Crippen molar-refractivity contribution >= 4 is 0 Å². The van der Waals surface area contributed by atoms with E-state index in [1.54, 1.807) is 6.20 Å². The highest BCUT2D eigenvalue weighted by molar-refractivity contribution is 5.33. The molecule has 102 valence electrons. The highest BCUT2D eigenvalue weighted by atomic mass is 16.5. The second kappa shape index (κ2) is 6.50. The van der Waals surface area contributed by atoms with Crippen molar-refractivity contribution in [1.82, 2.24) is 9.78 Å². The van der Waals surface area contributed by atoms with Crippen LogP contribution in [-0.4, -0.2) is 22.5 Å². The van der Waals surface area contributed by atoms with Gasteiger partial charge in [-0.1, -0.05) is 25.1 Å². The molecule has 0 fully saturated rings. The van der Waals surface area contributed by atoms with E-state index in [2.05, 4.69) is 12.0 Å². The first-order valence-electron chi connectivity index (χ1n) is 6.74. The Morgan fingerprint density at radius 3 is 2.58 bits per heavy atom. The first-order valence-corrected chi connectivity index (χ1v) is 6.74. The Kier molecular flexibility index (Phi) is 4.71. The molecule has 1 aromatic carbocycles. The van der Waals surface area contributed by atoms with Gasteiger partial charge in [0.2, 0.25) is 0 Å². The molecule has 1 heterocycles. The first-order chi connectivity index (χ1) is 9.27. The summed E-state index contributed by atoms with van der Waals surface area (Å²) in [6, 6.07) is 11.8. The number of benzene rings is 1. The van der Waals surface area contributed by atoms with E-state index in [0.717, 1.165) is 17.8 Å². The van der Waals surface area contributed by atoms with Gasteiger partial charge in [-0.2, -0.15) is 5.10 Å². The molecule has 0 aliphatic carbocycles. The number of nitrogens with two attached hydrogens (primary N) is 1. The first kappa shape index (κ1) is 13.8. The molecule has 0 spiro atoms. The quantitative estimate of drug-likeness (QED) is 0.867. The molecule has 0 bridgehead atoms. The van der Waals surface area contributed by atoms with Crippen LogP contribution in [0.15, 0.2) is 42.6 Å². The predicted molar refractivity (Wildman–Crippen MR) is 76.2 cm³/mol. The van der Waals surface area contributed by atoms with E-state index in [9.17, 15) is 0 Å². The number of hydrogen-bond acceptors (Lipinski definition) is 3. The lowest BCUT2D eigenvalue weighted by Crippen LogP contribution is -2.30. The van der Waals surface area contributed by atoms with E-state index < -0.39 is 0 Å². The van der Waals surface area contributed by atoms with Crippen molar-refractivity contribution in [1.29, 1.82) is 0 Å². The van der Waals surface area contributed by atoms with Crippen LogP contribution in [0.2, 0.25) is 0 Å². The Morgan fingerprint density at radius 1 is 1.21 bits per heavy atom. The molecular formula is C15H21N3O. The van der Waals surface area contributed by atoms with Crippen molar-refractivity contribution in [2.24, 2.45) is 5.73 Å². The van der Waals surface area contributed by atoms with Gasteiger partial charge in [-0.05, 0) is 31.5 Å². The zero-order chi connectivity index (χ0) is 13.7. The molecule has 4 heteroatoms. The van der Waals surface area contributed by atoms with Crippen molar-refractivity contribution < 1.29 is 4.74 Å². The molecule has 19 heavy (non-hydrogen) atoms. The summed E-state index contributed by atoms with van der Waals surface area (Å²) in [4.78, 5) is 0.